The highest BCUT2D eigenvalue weighted by Crippen LogP contribution is 2.30. The maximum Gasteiger partial charge on any atom is 0.125 e. The number of aliphatic hydroxyl groups is 1. The molecule has 0 bridgehead atoms. The highest BCUT2D eigenvalue weighted by Gasteiger charge is 2.15. The number of ether oxygens (including phenoxy) is 1. The summed E-state index contributed by atoms with van der Waals surface area (Å²) in [6, 6.07) is 13.4. The van der Waals surface area contributed by atoms with E-state index in [0.717, 1.165) is 22.3 Å². The van der Waals surface area contributed by atoms with Crippen molar-refractivity contribution in [1.82, 2.24) is 0 Å². The predicted molar refractivity (Wildman–Crippen MR) is 76.1 cm³/mol. The van der Waals surface area contributed by atoms with Crippen molar-refractivity contribution in [3.05, 3.63) is 64.7 Å². The highest BCUT2D eigenvalue weighted by atomic mass is 16.5. The number of hydrogen-bond donors (Lipinski definition) is 2. The fraction of sp³-hybridized carbons (Fsp3) is 0.250. The molecular formula is C16H19NO2. The van der Waals surface area contributed by atoms with Crippen molar-refractivity contribution in [3.63, 3.8) is 0 Å². The molecule has 0 saturated heterocycles. The number of hydrogen-bond acceptors (Lipinski definition) is 3. The van der Waals surface area contributed by atoms with Gasteiger partial charge < -0.3 is 15.6 Å². The Balaban J connectivity index is 2.36. The number of nitrogens with two attached hydrogens (primary N) is 1. The fourth-order valence-electron chi connectivity index (χ4n) is 2.08. The smallest absolute Gasteiger partial charge is 0.125 e. The van der Waals surface area contributed by atoms with Crippen LogP contribution >= 0.6 is 0 Å². The van der Waals surface area contributed by atoms with Crippen LogP contribution in [-0.4, -0.2) is 12.2 Å². The molecule has 0 fully saturated rings. The van der Waals surface area contributed by atoms with Crippen molar-refractivity contribution in [3.8, 4) is 5.75 Å². The minimum atomic E-state index is -0.693. The van der Waals surface area contributed by atoms with E-state index >= 15 is 0 Å². The summed E-state index contributed by atoms with van der Waals surface area (Å²) in [5, 5.41) is 10.5. The summed E-state index contributed by atoms with van der Waals surface area (Å²) in [6.45, 7) is 2.50. The van der Waals surface area contributed by atoms with Crippen LogP contribution in [0.1, 0.15) is 28.4 Å². The average molecular weight is 257 g/mol. The second-order valence-corrected chi connectivity index (χ2v) is 4.59. The van der Waals surface area contributed by atoms with Gasteiger partial charge >= 0.3 is 0 Å². The molecular weight excluding hydrogens is 238 g/mol. The second kappa shape index (κ2) is 5.87. The lowest BCUT2D eigenvalue weighted by molar-refractivity contribution is 0.214. The SMILES string of the molecule is COc1ccc(C)cc1C(O)c1ccc(CN)cc1. The molecule has 19 heavy (non-hydrogen) atoms. The summed E-state index contributed by atoms with van der Waals surface area (Å²) in [7, 11) is 1.61. The third-order valence-corrected chi connectivity index (χ3v) is 3.21. The summed E-state index contributed by atoms with van der Waals surface area (Å²) in [6.07, 6.45) is -0.693. The molecule has 2 aromatic carbocycles. The van der Waals surface area contributed by atoms with Crippen LogP contribution in [0.15, 0.2) is 42.5 Å². The van der Waals surface area contributed by atoms with Gasteiger partial charge in [0, 0.05) is 12.1 Å². The van der Waals surface area contributed by atoms with Crippen LogP contribution in [0.25, 0.3) is 0 Å². The van der Waals surface area contributed by atoms with Gasteiger partial charge in [0.1, 0.15) is 11.9 Å². The molecule has 3 nitrogen and oxygen atoms in total. The molecule has 100 valence electrons. The molecule has 0 aromatic heterocycles. The predicted octanol–water partition coefficient (Wildman–Crippen LogP) is 2.54. The molecule has 0 amide bonds. The number of aliphatic hydroxyl groups excluding tert-OH is 1. The molecule has 3 N–H and O–H groups in total. The van der Waals surface area contributed by atoms with Crippen molar-refractivity contribution >= 4 is 0 Å². The Morgan fingerprint density at radius 2 is 1.84 bits per heavy atom. The zero-order valence-electron chi connectivity index (χ0n) is 11.3. The second-order valence-electron chi connectivity index (χ2n) is 4.59. The summed E-state index contributed by atoms with van der Waals surface area (Å²) >= 11 is 0. The maximum absolute atomic E-state index is 10.5. The van der Waals surface area contributed by atoms with E-state index in [4.69, 9.17) is 10.5 Å². The Kier molecular flexibility index (Phi) is 4.20. The number of benzene rings is 2. The van der Waals surface area contributed by atoms with Gasteiger partial charge in [-0.05, 0) is 30.2 Å². The molecule has 0 spiro atoms. The molecule has 0 saturated carbocycles. The van der Waals surface area contributed by atoms with E-state index in [2.05, 4.69) is 0 Å². The van der Waals surface area contributed by atoms with E-state index < -0.39 is 6.10 Å². The van der Waals surface area contributed by atoms with Crippen molar-refractivity contribution < 1.29 is 9.84 Å². The van der Waals surface area contributed by atoms with Crippen LogP contribution in [-0.2, 0) is 6.54 Å². The van der Waals surface area contributed by atoms with Gasteiger partial charge in [0.2, 0.25) is 0 Å². The molecule has 1 atom stereocenters. The van der Waals surface area contributed by atoms with Crippen molar-refractivity contribution in [2.24, 2.45) is 5.73 Å². The zero-order valence-corrected chi connectivity index (χ0v) is 11.3. The van der Waals surface area contributed by atoms with Crippen molar-refractivity contribution in [1.29, 1.82) is 0 Å². The third kappa shape index (κ3) is 2.95. The van der Waals surface area contributed by atoms with Crippen LogP contribution in [0.3, 0.4) is 0 Å². The van der Waals surface area contributed by atoms with Crippen LogP contribution in [0.4, 0.5) is 0 Å². The van der Waals surface area contributed by atoms with E-state index in [1.54, 1.807) is 7.11 Å². The van der Waals surface area contributed by atoms with E-state index in [9.17, 15) is 5.11 Å². The zero-order chi connectivity index (χ0) is 13.8. The Morgan fingerprint density at radius 3 is 2.42 bits per heavy atom. The number of aryl methyl sites for hydroxylation is 1. The highest BCUT2D eigenvalue weighted by molar-refractivity contribution is 5.43. The molecule has 0 aliphatic heterocycles. The summed E-state index contributed by atoms with van der Waals surface area (Å²) in [5.41, 5.74) is 9.32. The Hall–Kier alpha value is -1.84. The third-order valence-electron chi connectivity index (χ3n) is 3.21. The summed E-state index contributed by atoms with van der Waals surface area (Å²) < 4.78 is 5.31. The molecule has 2 aromatic rings. The maximum atomic E-state index is 10.5. The van der Waals surface area contributed by atoms with Gasteiger partial charge in [0.15, 0.2) is 0 Å². The van der Waals surface area contributed by atoms with Crippen molar-refractivity contribution in [2.75, 3.05) is 7.11 Å². The van der Waals surface area contributed by atoms with Crippen LogP contribution in [0.2, 0.25) is 0 Å². The first-order chi connectivity index (χ1) is 9.15. The fourth-order valence-corrected chi connectivity index (χ4v) is 2.08. The summed E-state index contributed by atoms with van der Waals surface area (Å²) in [4.78, 5) is 0. The van der Waals surface area contributed by atoms with Crippen molar-refractivity contribution in [2.45, 2.75) is 19.6 Å². The van der Waals surface area contributed by atoms with Gasteiger partial charge in [-0.2, -0.15) is 0 Å². The Morgan fingerprint density at radius 1 is 1.16 bits per heavy atom. The van der Waals surface area contributed by atoms with Gasteiger partial charge in [-0.3, -0.25) is 0 Å². The van der Waals surface area contributed by atoms with E-state index in [1.807, 2.05) is 49.4 Å². The Labute approximate surface area is 113 Å². The quantitative estimate of drug-likeness (QED) is 0.885. The minimum absolute atomic E-state index is 0.504. The molecule has 3 heteroatoms. The molecule has 0 heterocycles. The lowest BCUT2D eigenvalue weighted by Crippen LogP contribution is -2.04. The molecule has 0 aliphatic rings. The lowest BCUT2D eigenvalue weighted by Gasteiger charge is -2.16. The van der Waals surface area contributed by atoms with Gasteiger partial charge in [0.05, 0.1) is 7.11 Å². The average Bonchev–Trinajstić information content (AvgIpc) is 2.46. The normalized spacial score (nSPS) is 12.2. The van der Waals surface area contributed by atoms with Crippen LogP contribution in [0.5, 0.6) is 5.75 Å². The first kappa shape index (κ1) is 13.6. The largest absolute Gasteiger partial charge is 0.496 e. The Bertz CT molecular complexity index is 549. The minimum Gasteiger partial charge on any atom is -0.496 e. The van der Waals surface area contributed by atoms with E-state index in [0.29, 0.717) is 12.3 Å². The number of rotatable bonds is 4. The molecule has 0 radical (unpaired) electrons. The first-order valence-corrected chi connectivity index (χ1v) is 6.27. The van der Waals surface area contributed by atoms with Crippen LogP contribution in [0, 0.1) is 6.92 Å². The standard InChI is InChI=1S/C16H19NO2/c1-11-3-8-15(19-2)14(9-11)16(18)13-6-4-12(10-17)5-7-13/h3-9,16,18H,10,17H2,1-2H3. The van der Waals surface area contributed by atoms with Gasteiger partial charge in [-0.1, -0.05) is 35.9 Å². The molecule has 0 aliphatic carbocycles. The van der Waals surface area contributed by atoms with Gasteiger partial charge in [0.25, 0.3) is 0 Å². The molecule has 1 unspecified atom stereocenters. The molecule has 2 rings (SSSR count). The summed E-state index contributed by atoms with van der Waals surface area (Å²) in [5.74, 6) is 0.695. The number of methoxy groups -OCH3 is 1. The van der Waals surface area contributed by atoms with Gasteiger partial charge in [-0.25, -0.2) is 0 Å². The van der Waals surface area contributed by atoms with Gasteiger partial charge in [-0.15, -0.1) is 0 Å². The monoisotopic (exact) mass is 257 g/mol. The lowest BCUT2D eigenvalue weighted by atomic mass is 9.98. The van der Waals surface area contributed by atoms with E-state index in [-0.39, 0.29) is 0 Å². The van der Waals surface area contributed by atoms with Crippen LogP contribution < -0.4 is 10.5 Å². The topological polar surface area (TPSA) is 55.5 Å². The van der Waals surface area contributed by atoms with E-state index in [1.165, 1.54) is 0 Å². The first-order valence-electron chi connectivity index (χ1n) is 6.27.